The molecule has 14 heavy (non-hydrogen) atoms. The number of H-pyrrole nitrogens is 1. The van der Waals surface area contributed by atoms with Crippen molar-refractivity contribution >= 4 is 5.82 Å². The number of benzene rings is 1. The van der Waals surface area contributed by atoms with Crippen LogP contribution in [0.2, 0.25) is 0 Å². The summed E-state index contributed by atoms with van der Waals surface area (Å²) in [5, 5.41) is 0. The van der Waals surface area contributed by atoms with E-state index < -0.39 is 0 Å². The normalized spacial score (nSPS) is 10.4. The van der Waals surface area contributed by atoms with Gasteiger partial charge < -0.3 is 10.7 Å². The molecule has 3 nitrogen and oxygen atoms in total. The number of aryl methyl sites for hydroxylation is 2. The first-order chi connectivity index (χ1) is 6.66. The summed E-state index contributed by atoms with van der Waals surface area (Å²) in [7, 11) is 0. The molecule has 2 rings (SSSR count). The first-order valence-electron chi connectivity index (χ1n) is 4.55. The van der Waals surface area contributed by atoms with Crippen LogP contribution in [0.5, 0.6) is 0 Å². The Morgan fingerprint density at radius 3 is 2.57 bits per heavy atom. The van der Waals surface area contributed by atoms with E-state index in [9.17, 15) is 0 Å². The van der Waals surface area contributed by atoms with Gasteiger partial charge >= 0.3 is 0 Å². The predicted octanol–water partition coefficient (Wildman–Crippen LogP) is 2.28. The molecule has 3 heteroatoms. The highest BCUT2D eigenvalue weighted by atomic mass is 15.0. The van der Waals surface area contributed by atoms with Gasteiger partial charge in [-0.1, -0.05) is 12.1 Å². The fourth-order valence-electron chi connectivity index (χ4n) is 1.37. The summed E-state index contributed by atoms with van der Waals surface area (Å²) in [5.41, 5.74) is 9.19. The van der Waals surface area contributed by atoms with Crippen molar-refractivity contribution in [2.45, 2.75) is 13.8 Å². The molecule has 1 aromatic heterocycles. The second kappa shape index (κ2) is 3.18. The van der Waals surface area contributed by atoms with Gasteiger partial charge in [-0.3, -0.25) is 0 Å². The zero-order valence-electron chi connectivity index (χ0n) is 8.33. The molecule has 0 bridgehead atoms. The van der Waals surface area contributed by atoms with Crippen molar-refractivity contribution in [1.82, 2.24) is 9.97 Å². The maximum absolute atomic E-state index is 5.57. The second-order valence-corrected chi connectivity index (χ2v) is 3.49. The van der Waals surface area contributed by atoms with Crippen molar-refractivity contribution in [2.24, 2.45) is 0 Å². The van der Waals surface area contributed by atoms with Gasteiger partial charge in [0.05, 0.1) is 6.20 Å². The van der Waals surface area contributed by atoms with Crippen LogP contribution in [0, 0.1) is 13.8 Å². The molecule has 0 aliphatic carbocycles. The lowest BCUT2D eigenvalue weighted by atomic mass is 10.1. The summed E-state index contributed by atoms with van der Waals surface area (Å²) in [6.45, 7) is 4.18. The van der Waals surface area contributed by atoms with E-state index in [1.807, 2.05) is 6.07 Å². The third-order valence-electron chi connectivity index (χ3n) is 2.38. The molecule has 3 N–H and O–H groups in total. The molecule has 0 amide bonds. The first-order valence-corrected chi connectivity index (χ1v) is 4.55. The summed E-state index contributed by atoms with van der Waals surface area (Å²) in [6, 6.07) is 6.23. The highest BCUT2D eigenvalue weighted by molar-refractivity contribution is 5.59. The average Bonchev–Trinajstić information content (AvgIpc) is 2.57. The number of aromatic nitrogens is 2. The lowest BCUT2D eigenvalue weighted by Crippen LogP contribution is -1.86. The van der Waals surface area contributed by atoms with Crippen LogP contribution in [0.25, 0.3) is 11.4 Å². The minimum atomic E-state index is 0.596. The molecule has 0 atom stereocenters. The second-order valence-electron chi connectivity index (χ2n) is 3.49. The number of nitrogens with two attached hydrogens (primary N) is 1. The Balaban J connectivity index is 2.47. The van der Waals surface area contributed by atoms with Crippen LogP contribution in [0.3, 0.4) is 0 Å². The Labute approximate surface area is 83.0 Å². The molecule has 0 saturated heterocycles. The van der Waals surface area contributed by atoms with E-state index >= 15 is 0 Å². The molecular formula is C11H13N3. The van der Waals surface area contributed by atoms with Crippen LogP contribution in [0.4, 0.5) is 5.82 Å². The van der Waals surface area contributed by atoms with E-state index in [0.29, 0.717) is 5.82 Å². The van der Waals surface area contributed by atoms with Gasteiger partial charge in [-0.2, -0.15) is 0 Å². The van der Waals surface area contributed by atoms with Gasteiger partial charge in [0, 0.05) is 5.56 Å². The summed E-state index contributed by atoms with van der Waals surface area (Å²) >= 11 is 0. The number of rotatable bonds is 1. The lowest BCUT2D eigenvalue weighted by molar-refractivity contribution is 1.28. The molecule has 0 radical (unpaired) electrons. The third-order valence-corrected chi connectivity index (χ3v) is 2.38. The fourth-order valence-corrected chi connectivity index (χ4v) is 1.37. The topological polar surface area (TPSA) is 54.7 Å². The fraction of sp³-hybridized carbons (Fsp3) is 0.182. The van der Waals surface area contributed by atoms with Crippen LogP contribution in [0.15, 0.2) is 24.4 Å². The Morgan fingerprint density at radius 1 is 1.21 bits per heavy atom. The molecule has 0 aliphatic heterocycles. The van der Waals surface area contributed by atoms with Gasteiger partial charge in [-0.25, -0.2) is 4.98 Å². The molecule has 1 aromatic carbocycles. The van der Waals surface area contributed by atoms with Crippen molar-refractivity contribution < 1.29 is 0 Å². The summed E-state index contributed by atoms with van der Waals surface area (Å²) < 4.78 is 0. The molecule has 0 fully saturated rings. The number of anilines is 1. The van der Waals surface area contributed by atoms with E-state index in [0.717, 1.165) is 11.4 Å². The van der Waals surface area contributed by atoms with Crippen molar-refractivity contribution in [3.05, 3.63) is 35.5 Å². The Hall–Kier alpha value is -1.77. The minimum Gasteiger partial charge on any atom is -0.384 e. The highest BCUT2D eigenvalue weighted by Crippen LogP contribution is 2.19. The number of nitrogens with one attached hydrogen (secondary N) is 1. The maximum Gasteiger partial charge on any atom is 0.138 e. The molecule has 0 spiro atoms. The molecule has 0 saturated carbocycles. The molecule has 2 aromatic rings. The van der Waals surface area contributed by atoms with Crippen LogP contribution in [0.1, 0.15) is 11.1 Å². The van der Waals surface area contributed by atoms with Crippen LogP contribution < -0.4 is 5.73 Å². The SMILES string of the molecule is Cc1ccc(-c2ncc(N)[nH]2)cc1C. The summed E-state index contributed by atoms with van der Waals surface area (Å²) in [5.74, 6) is 1.42. The smallest absolute Gasteiger partial charge is 0.138 e. The van der Waals surface area contributed by atoms with Gasteiger partial charge in [0.1, 0.15) is 11.6 Å². The zero-order valence-corrected chi connectivity index (χ0v) is 8.33. The quantitative estimate of drug-likeness (QED) is 0.719. The number of imidazole rings is 1. The van der Waals surface area contributed by atoms with E-state index in [1.54, 1.807) is 6.20 Å². The zero-order chi connectivity index (χ0) is 10.1. The van der Waals surface area contributed by atoms with E-state index in [4.69, 9.17) is 5.73 Å². The lowest BCUT2D eigenvalue weighted by Gasteiger charge is -2.02. The monoisotopic (exact) mass is 187 g/mol. The standard InChI is InChI=1S/C11H13N3/c1-7-3-4-9(5-8(7)2)11-13-6-10(12)14-11/h3-6H,12H2,1-2H3,(H,13,14). The molecule has 1 heterocycles. The van der Waals surface area contributed by atoms with Crippen molar-refractivity contribution in [3.8, 4) is 11.4 Å². The van der Waals surface area contributed by atoms with E-state index in [1.165, 1.54) is 11.1 Å². The van der Waals surface area contributed by atoms with Gasteiger partial charge in [0.2, 0.25) is 0 Å². The third kappa shape index (κ3) is 1.48. The Kier molecular flexibility index (Phi) is 2.00. The van der Waals surface area contributed by atoms with Crippen LogP contribution >= 0.6 is 0 Å². The summed E-state index contributed by atoms with van der Waals surface area (Å²) in [6.07, 6.45) is 1.63. The number of nitrogen functional groups attached to an aromatic ring is 1. The van der Waals surface area contributed by atoms with Crippen molar-refractivity contribution in [3.63, 3.8) is 0 Å². The maximum atomic E-state index is 5.57. The van der Waals surface area contributed by atoms with Crippen molar-refractivity contribution in [1.29, 1.82) is 0 Å². The van der Waals surface area contributed by atoms with Gasteiger partial charge in [0.15, 0.2) is 0 Å². The Bertz CT molecular complexity index is 457. The van der Waals surface area contributed by atoms with Gasteiger partial charge in [-0.05, 0) is 31.0 Å². The number of hydrogen-bond donors (Lipinski definition) is 2. The predicted molar refractivity (Wildman–Crippen MR) is 57.9 cm³/mol. The Morgan fingerprint density at radius 2 is 2.00 bits per heavy atom. The van der Waals surface area contributed by atoms with Gasteiger partial charge in [-0.15, -0.1) is 0 Å². The number of aromatic amines is 1. The number of hydrogen-bond acceptors (Lipinski definition) is 2. The molecule has 0 unspecified atom stereocenters. The van der Waals surface area contributed by atoms with Crippen LogP contribution in [-0.4, -0.2) is 9.97 Å². The number of nitrogens with zero attached hydrogens (tertiary/aromatic N) is 1. The largest absolute Gasteiger partial charge is 0.384 e. The first kappa shape index (κ1) is 8.81. The highest BCUT2D eigenvalue weighted by Gasteiger charge is 2.02. The summed E-state index contributed by atoms with van der Waals surface area (Å²) in [4.78, 5) is 7.18. The molecule has 72 valence electrons. The minimum absolute atomic E-state index is 0.596. The van der Waals surface area contributed by atoms with Crippen LogP contribution in [-0.2, 0) is 0 Å². The molecule has 0 aliphatic rings. The van der Waals surface area contributed by atoms with Gasteiger partial charge in [0.25, 0.3) is 0 Å². The average molecular weight is 187 g/mol. The molecular weight excluding hydrogens is 174 g/mol. The van der Waals surface area contributed by atoms with E-state index in [2.05, 4.69) is 35.9 Å². The van der Waals surface area contributed by atoms with Crippen molar-refractivity contribution in [2.75, 3.05) is 5.73 Å². The van der Waals surface area contributed by atoms with E-state index in [-0.39, 0.29) is 0 Å².